The van der Waals surface area contributed by atoms with Crippen LogP contribution in [0.4, 0.5) is 11.4 Å². The van der Waals surface area contributed by atoms with Gasteiger partial charge in [-0.05, 0) is 37.3 Å². The molecule has 0 heterocycles. The van der Waals surface area contributed by atoms with E-state index < -0.39 is 0 Å². The van der Waals surface area contributed by atoms with Crippen molar-refractivity contribution < 1.29 is 4.79 Å². The Bertz CT molecular complexity index is 464. The molecule has 1 aliphatic rings. The maximum Gasteiger partial charge on any atom is 0.251 e. The van der Waals surface area contributed by atoms with Gasteiger partial charge < -0.3 is 16.4 Å². The first-order chi connectivity index (χ1) is 9.15. The van der Waals surface area contributed by atoms with Crippen LogP contribution < -0.4 is 16.4 Å². The average molecular weight is 279 g/mol. The van der Waals surface area contributed by atoms with Crippen molar-refractivity contribution in [3.05, 3.63) is 23.8 Å². The van der Waals surface area contributed by atoms with Gasteiger partial charge in [-0.25, -0.2) is 0 Å². The largest absolute Gasteiger partial charge is 0.397 e. The third-order valence-corrected chi connectivity index (χ3v) is 4.81. The predicted molar refractivity (Wildman–Crippen MR) is 82.8 cm³/mol. The molecule has 1 aliphatic carbocycles. The topological polar surface area (TPSA) is 67.2 Å². The molecule has 0 aliphatic heterocycles. The Balaban J connectivity index is 2.17. The number of thioether (sulfide) groups is 1. The third kappa shape index (κ3) is 3.15. The van der Waals surface area contributed by atoms with E-state index in [9.17, 15) is 4.79 Å². The maximum absolute atomic E-state index is 11.7. The highest BCUT2D eigenvalue weighted by atomic mass is 32.2. The molecule has 1 fully saturated rings. The van der Waals surface area contributed by atoms with Crippen molar-refractivity contribution in [2.75, 3.05) is 24.4 Å². The van der Waals surface area contributed by atoms with Crippen molar-refractivity contribution in [1.82, 2.24) is 5.32 Å². The van der Waals surface area contributed by atoms with Gasteiger partial charge in [0.05, 0.1) is 11.4 Å². The first kappa shape index (κ1) is 14.1. The Morgan fingerprint density at radius 1 is 1.42 bits per heavy atom. The quantitative estimate of drug-likeness (QED) is 0.740. The van der Waals surface area contributed by atoms with Gasteiger partial charge in [-0.3, -0.25) is 4.79 Å². The fourth-order valence-electron chi connectivity index (χ4n) is 2.54. The number of nitrogens with two attached hydrogens (primary N) is 1. The number of amides is 1. The minimum absolute atomic E-state index is 0.0871. The second-order valence-electron chi connectivity index (χ2n) is 4.84. The van der Waals surface area contributed by atoms with Crippen LogP contribution in [0.2, 0.25) is 0 Å². The van der Waals surface area contributed by atoms with E-state index in [-0.39, 0.29) is 5.91 Å². The van der Waals surface area contributed by atoms with Gasteiger partial charge in [0, 0.05) is 23.9 Å². The maximum atomic E-state index is 11.7. The van der Waals surface area contributed by atoms with Gasteiger partial charge in [-0.2, -0.15) is 11.8 Å². The van der Waals surface area contributed by atoms with Crippen LogP contribution in [0, 0.1) is 0 Å². The molecule has 4 nitrogen and oxygen atoms in total. The molecular formula is C14H21N3OS. The predicted octanol–water partition coefficient (Wildman–Crippen LogP) is 2.32. The molecule has 2 unspecified atom stereocenters. The number of carbonyl (C=O) groups excluding carboxylic acids is 1. The minimum atomic E-state index is -0.0871. The van der Waals surface area contributed by atoms with Gasteiger partial charge in [0.2, 0.25) is 0 Å². The van der Waals surface area contributed by atoms with Gasteiger partial charge >= 0.3 is 0 Å². The molecule has 5 heteroatoms. The first-order valence-electron chi connectivity index (χ1n) is 6.56. The molecule has 1 aromatic carbocycles. The molecule has 0 radical (unpaired) electrons. The molecule has 2 rings (SSSR count). The summed E-state index contributed by atoms with van der Waals surface area (Å²) >= 11 is 1.90. The lowest BCUT2D eigenvalue weighted by Crippen LogP contribution is -2.26. The van der Waals surface area contributed by atoms with Crippen LogP contribution in [0.5, 0.6) is 0 Å². The summed E-state index contributed by atoms with van der Waals surface area (Å²) in [6, 6.07) is 5.82. The normalized spacial score (nSPS) is 22.2. The summed E-state index contributed by atoms with van der Waals surface area (Å²) in [4.78, 5) is 11.7. The smallest absolute Gasteiger partial charge is 0.251 e. The fourth-order valence-corrected chi connectivity index (χ4v) is 3.47. The van der Waals surface area contributed by atoms with Crippen LogP contribution >= 0.6 is 11.8 Å². The monoisotopic (exact) mass is 279 g/mol. The van der Waals surface area contributed by atoms with E-state index in [0.717, 1.165) is 12.1 Å². The van der Waals surface area contributed by atoms with Crippen molar-refractivity contribution in [2.24, 2.45) is 0 Å². The van der Waals surface area contributed by atoms with Crippen LogP contribution in [0.1, 0.15) is 29.6 Å². The van der Waals surface area contributed by atoms with E-state index in [2.05, 4.69) is 16.9 Å². The fraction of sp³-hybridized carbons (Fsp3) is 0.500. The second-order valence-corrected chi connectivity index (χ2v) is 5.91. The van der Waals surface area contributed by atoms with Gasteiger partial charge in [-0.1, -0.05) is 6.42 Å². The molecule has 2 atom stereocenters. The Hall–Kier alpha value is -1.36. The molecule has 1 amide bonds. The Morgan fingerprint density at radius 3 is 2.89 bits per heavy atom. The lowest BCUT2D eigenvalue weighted by molar-refractivity contribution is 0.0963. The lowest BCUT2D eigenvalue weighted by atomic mass is 10.1. The molecule has 0 spiro atoms. The lowest BCUT2D eigenvalue weighted by Gasteiger charge is -2.21. The second kappa shape index (κ2) is 6.19. The summed E-state index contributed by atoms with van der Waals surface area (Å²) in [5, 5.41) is 6.76. The molecular weight excluding hydrogens is 258 g/mol. The van der Waals surface area contributed by atoms with Crippen LogP contribution in [0.3, 0.4) is 0 Å². The number of benzene rings is 1. The van der Waals surface area contributed by atoms with Crippen LogP contribution in [-0.4, -0.2) is 30.5 Å². The van der Waals surface area contributed by atoms with E-state index in [4.69, 9.17) is 5.73 Å². The van der Waals surface area contributed by atoms with Crippen molar-refractivity contribution in [1.29, 1.82) is 0 Å². The Labute approximate surface area is 118 Å². The SMILES string of the molecule is CNC(=O)c1ccc(N)c(NC2CCCC2SC)c1. The summed E-state index contributed by atoms with van der Waals surface area (Å²) in [5.74, 6) is -0.0871. The number of nitrogens with one attached hydrogen (secondary N) is 2. The van der Waals surface area contributed by atoms with Gasteiger partial charge in [0.15, 0.2) is 0 Å². The zero-order chi connectivity index (χ0) is 13.8. The van der Waals surface area contributed by atoms with E-state index in [1.165, 1.54) is 12.8 Å². The number of anilines is 2. The van der Waals surface area contributed by atoms with Gasteiger partial charge in [-0.15, -0.1) is 0 Å². The number of hydrogen-bond acceptors (Lipinski definition) is 4. The summed E-state index contributed by atoms with van der Waals surface area (Å²) < 4.78 is 0. The van der Waals surface area contributed by atoms with Crippen molar-refractivity contribution in [2.45, 2.75) is 30.6 Å². The molecule has 0 saturated heterocycles. The number of nitrogen functional groups attached to an aromatic ring is 1. The summed E-state index contributed by atoms with van der Waals surface area (Å²) in [6.45, 7) is 0. The molecule has 104 valence electrons. The van der Waals surface area contributed by atoms with Crippen molar-refractivity contribution in [3.63, 3.8) is 0 Å². The van der Waals surface area contributed by atoms with Crippen molar-refractivity contribution >= 4 is 29.0 Å². The average Bonchev–Trinajstić information content (AvgIpc) is 2.87. The number of rotatable bonds is 4. The molecule has 1 aromatic rings. The Morgan fingerprint density at radius 2 is 2.21 bits per heavy atom. The number of carbonyl (C=O) groups is 1. The molecule has 19 heavy (non-hydrogen) atoms. The van der Waals surface area contributed by atoms with Gasteiger partial charge in [0.25, 0.3) is 5.91 Å². The zero-order valence-electron chi connectivity index (χ0n) is 11.4. The zero-order valence-corrected chi connectivity index (χ0v) is 12.2. The summed E-state index contributed by atoms with van der Waals surface area (Å²) in [6.07, 6.45) is 5.80. The molecule has 0 aromatic heterocycles. The highest BCUT2D eigenvalue weighted by Gasteiger charge is 2.26. The van der Waals surface area contributed by atoms with Gasteiger partial charge in [0.1, 0.15) is 0 Å². The van der Waals surface area contributed by atoms with E-state index in [1.807, 2.05) is 17.8 Å². The molecule has 4 N–H and O–H groups in total. The van der Waals surface area contributed by atoms with E-state index in [0.29, 0.717) is 22.5 Å². The van der Waals surface area contributed by atoms with Crippen LogP contribution in [0.25, 0.3) is 0 Å². The first-order valence-corrected chi connectivity index (χ1v) is 7.85. The Kier molecular flexibility index (Phi) is 4.58. The summed E-state index contributed by atoms with van der Waals surface area (Å²) in [7, 11) is 1.63. The van der Waals surface area contributed by atoms with E-state index in [1.54, 1.807) is 19.2 Å². The highest BCUT2D eigenvalue weighted by molar-refractivity contribution is 7.99. The highest BCUT2D eigenvalue weighted by Crippen LogP contribution is 2.32. The number of hydrogen-bond donors (Lipinski definition) is 3. The summed E-state index contributed by atoms with van der Waals surface area (Å²) in [5.41, 5.74) is 8.19. The van der Waals surface area contributed by atoms with Crippen LogP contribution in [0.15, 0.2) is 18.2 Å². The third-order valence-electron chi connectivity index (χ3n) is 3.64. The standard InChI is InChI=1S/C14H21N3OS/c1-16-14(18)9-6-7-10(15)12(8-9)17-11-4-3-5-13(11)19-2/h6-8,11,13,17H,3-5,15H2,1-2H3,(H,16,18). The van der Waals surface area contributed by atoms with Crippen molar-refractivity contribution in [3.8, 4) is 0 Å². The molecule has 0 bridgehead atoms. The minimum Gasteiger partial charge on any atom is -0.397 e. The van der Waals surface area contributed by atoms with E-state index >= 15 is 0 Å². The molecule has 1 saturated carbocycles. The van der Waals surface area contributed by atoms with Crippen LogP contribution in [-0.2, 0) is 0 Å².